The summed E-state index contributed by atoms with van der Waals surface area (Å²) in [6.45, 7) is 4.38. The van der Waals surface area contributed by atoms with Crippen LogP contribution in [0.15, 0.2) is 0 Å². The lowest BCUT2D eigenvalue weighted by molar-refractivity contribution is -0.144. The highest BCUT2D eigenvalue weighted by Gasteiger charge is 2.18. The van der Waals surface area contributed by atoms with Gasteiger partial charge in [0.1, 0.15) is 6.04 Å². The molecule has 3 N–H and O–H groups in total. The first-order chi connectivity index (χ1) is 8.65. The van der Waals surface area contributed by atoms with Gasteiger partial charge in [0.15, 0.2) is 0 Å². The lowest BCUT2D eigenvalue weighted by atomic mass is 10.2. The summed E-state index contributed by atoms with van der Waals surface area (Å²) in [7, 11) is 0. The Balaban J connectivity index is 2.01. The van der Waals surface area contributed by atoms with E-state index in [4.69, 9.17) is 10.5 Å². The summed E-state index contributed by atoms with van der Waals surface area (Å²) in [6, 6.07) is -0.522. The van der Waals surface area contributed by atoms with Gasteiger partial charge in [0, 0.05) is 25.4 Å². The number of thioether (sulfide) groups is 1. The van der Waals surface area contributed by atoms with E-state index in [-0.39, 0.29) is 12.0 Å². The molecule has 0 aromatic heterocycles. The summed E-state index contributed by atoms with van der Waals surface area (Å²) >= 11 is 1.70. The van der Waals surface area contributed by atoms with Gasteiger partial charge in [-0.1, -0.05) is 0 Å². The summed E-state index contributed by atoms with van der Waals surface area (Å²) in [6.07, 6.45) is 0.607. The summed E-state index contributed by atoms with van der Waals surface area (Å²) in [5.41, 5.74) is 5.67. The number of urea groups is 1. The maximum absolute atomic E-state index is 11.2. The van der Waals surface area contributed by atoms with E-state index < -0.39 is 6.04 Å². The molecule has 0 bridgehead atoms. The second-order valence-corrected chi connectivity index (χ2v) is 5.20. The molecule has 7 heteroatoms. The number of hydrogen-bond donors (Lipinski definition) is 2. The van der Waals surface area contributed by atoms with Crippen LogP contribution < -0.4 is 11.1 Å². The van der Waals surface area contributed by atoms with Crippen molar-refractivity contribution in [1.29, 1.82) is 0 Å². The number of nitrogens with two attached hydrogens (primary N) is 1. The fourth-order valence-corrected chi connectivity index (χ4v) is 2.55. The molecule has 0 spiro atoms. The normalized spacial score (nSPS) is 16.6. The average molecular weight is 275 g/mol. The van der Waals surface area contributed by atoms with Crippen molar-refractivity contribution in [1.82, 2.24) is 10.2 Å². The van der Waals surface area contributed by atoms with Gasteiger partial charge >= 0.3 is 12.0 Å². The van der Waals surface area contributed by atoms with E-state index in [1.165, 1.54) is 0 Å². The van der Waals surface area contributed by atoms with Crippen LogP contribution in [0.2, 0.25) is 0 Å². The molecule has 1 atom stereocenters. The number of nitrogens with zero attached hydrogens (tertiary/aromatic N) is 1. The molecule has 6 nitrogen and oxygen atoms in total. The number of esters is 1. The zero-order chi connectivity index (χ0) is 13.4. The van der Waals surface area contributed by atoms with Crippen molar-refractivity contribution in [2.75, 3.05) is 37.7 Å². The first kappa shape index (κ1) is 15.1. The van der Waals surface area contributed by atoms with E-state index >= 15 is 0 Å². The first-order valence-electron chi connectivity index (χ1n) is 6.18. The lowest BCUT2D eigenvalue weighted by Gasteiger charge is -2.14. The number of carbonyl (C=O) groups is 2. The molecular weight excluding hydrogens is 254 g/mol. The highest BCUT2D eigenvalue weighted by atomic mass is 32.2. The van der Waals surface area contributed by atoms with Crippen LogP contribution in [0.5, 0.6) is 0 Å². The Labute approximate surface area is 112 Å². The number of nitrogens with one attached hydrogen (secondary N) is 1. The molecule has 1 rings (SSSR count). The highest BCUT2D eigenvalue weighted by Crippen LogP contribution is 2.07. The maximum Gasteiger partial charge on any atom is 0.322 e. The second kappa shape index (κ2) is 8.20. The fraction of sp³-hybridized carbons (Fsp3) is 0.818. The number of hydrogen-bond acceptors (Lipinski definition) is 5. The third-order valence-corrected chi connectivity index (χ3v) is 3.61. The summed E-state index contributed by atoms with van der Waals surface area (Å²) in [5.74, 6) is 1.33. The zero-order valence-electron chi connectivity index (χ0n) is 10.7. The first-order valence-corrected chi connectivity index (χ1v) is 7.33. The third-order valence-electron chi connectivity index (χ3n) is 2.61. The zero-order valence-corrected chi connectivity index (χ0v) is 11.5. The molecular formula is C11H21N3O3S. The van der Waals surface area contributed by atoms with E-state index in [0.29, 0.717) is 13.0 Å². The van der Waals surface area contributed by atoms with Gasteiger partial charge in [0.2, 0.25) is 0 Å². The Morgan fingerprint density at radius 2 is 2.39 bits per heavy atom. The monoisotopic (exact) mass is 275 g/mol. The van der Waals surface area contributed by atoms with Crippen LogP contribution in [-0.2, 0) is 9.53 Å². The quantitative estimate of drug-likeness (QED) is 0.482. The molecule has 0 radical (unpaired) electrons. The van der Waals surface area contributed by atoms with Crippen molar-refractivity contribution in [3.8, 4) is 0 Å². The van der Waals surface area contributed by atoms with Crippen molar-refractivity contribution in [3.63, 3.8) is 0 Å². The van der Waals surface area contributed by atoms with E-state index in [0.717, 1.165) is 31.1 Å². The molecule has 0 aromatic carbocycles. The van der Waals surface area contributed by atoms with Crippen molar-refractivity contribution in [2.24, 2.45) is 5.73 Å². The highest BCUT2D eigenvalue weighted by molar-refractivity contribution is 7.99. The van der Waals surface area contributed by atoms with Crippen molar-refractivity contribution in [2.45, 2.75) is 19.4 Å². The molecule has 0 aliphatic carbocycles. The van der Waals surface area contributed by atoms with Gasteiger partial charge in [0.25, 0.3) is 0 Å². The second-order valence-electron chi connectivity index (χ2n) is 3.98. The predicted octanol–water partition coefficient (Wildman–Crippen LogP) is 0.0253. The van der Waals surface area contributed by atoms with Gasteiger partial charge in [-0.05, 0) is 19.1 Å². The smallest absolute Gasteiger partial charge is 0.322 e. The molecule has 0 aromatic rings. The van der Waals surface area contributed by atoms with Crippen LogP contribution in [0, 0.1) is 0 Å². The van der Waals surface area contributed by atoms with Gasteiger partial charge < -0.3 is 20.7 Å². The number of rotatable bonds is 8. The molecule has 1 saturated heterocycles. The van der Waals surface area contributed by atoms with Crippen molar-refractivity contribution in [3.05, 3.63) is 0 Å². The van der Waals surface area contributed by atoms with Crippen LogP contribution in [0.25, 0.3) is 0 Å². The van der Waals surface area contributed by atoms with E-state index in [1.807, 2.05) is 0 Å². The molecule has 1 aliphatic rings. The lowest BCUT2D eigenvalue weighted by Crippen LogP contribution is -2.33. The Hall–Kier alpha value is -0.950. The molecule has 1 aliphatic heterocycles. The minimum atomic E-state index is -0.535. The average Bonchev–Trinajstić information content (AvgIpc) is 2.74. The largest absolute Gasteiger partial charge is 0.465 e. The van der Waals surface area contributed by atoms with Crippen molar-refractivity contribution >= 4 is 23.8 Å². The summed E-state index contributed by atoms with van der Waals surface area (Å²) in [4.78, 5) is 24.3. The van der Waals surface area contributed by atoms with Crippen LogP contribution in [0.4, 0.5) is 4.79 Å². The minimum Gasteiger partial charge on any atom is -0.465 e. The minimum absolute atomic E-state index is 0.0128. The molecule has 2 amide bonds. The fourth-order valence-electron chi connectivity index (χ4n) is 1.58. The number of ether oxygens (including phenoxy) is 1. The molecule has 18 heavy (non-hydrogen) atoms. The van der Waals surface area contributed by atoms with Gasteiger partial charge in [-0.25, -0.2) is 4.79 Å². The van der Waals surface area contributed by atoms with E-state index in [2.05, 4.69) is 5.32 Å². The standard InChI is InChI=1S/C11H21N3O3S/c1-2-17-10(15)9(12)3-7-18-8-6-14-5-4-13-11(14)16/h9H,2-8,12H2,1H3,(H,13,16). The summed E-state index contributed by atoms with van der Waals surface area (Å²) in [5, 5.41) is 2.75. The Morgan fingerprint density at radius 3 is 3.00 bits per heavy atom. The van der Waals surface area contributed by atoms with Gasteiger partial charge in [0.05, 0.1) is 6.61 Å². The SMILES string of the molecule is CCOC(=O)C(N)CCSCCN1CCNC1=O. The van der Waals surface area contributed by atoms with Crippen LogP contribution in [0.3, 0.4) is 0 Å². The molecule has 1 heterocycles. The Bertz CT molecular complexity index is 289. The van der Waals surface area contributed by atoms with Crippen LogP contribution in [0.1, 0.15) is 13.3 Å². The Morgan fingerprint density at radius 1 is 1.61 bits per heavy atom. The van der Waals surface area contributed by atoms with Gasteiger partial charge in [-0.2, -0.15) is 11.8 Å². The van der Waals surface area contributed by atoms with Gasteiger partial charge in [-0.15, -0.1) is 0 Å². The molecule has 1 unspecified atom stereocenters. The summed E-state index contributed by atoms with van der Waals surface area (Å²) < 4.78 is 4.82. The van der Waals surface area contributed by atoms with E-state index in [1.54, 1.807) is 23.6 Å². The topological polar surface area (TPSA) is 84.7 Å². The van der Waals surface area contributed by atoms with E-state index in [9.17, 15) is 9.59 Å². The number of carbonyl (C=O) groups excluding carboxylic acids is 2. The number of amides is 2. The molecule has 104 valence electrons. The molecule has 1 fully saturated rings. The molecule has 0 saturated carbocycles. The van der Waals surface area contributed by atoms with Crippen LogP contribution >= 0.6 is 11.8 Å². The van der Waals surface area contributed by atoms with Crippen LogP contribution in [-0.4, -0.2) is 60.7 Å². The third kappa shape index (κ3) is 5.14. The maximum atomic E-state index is 11.2. The van der Waals surface area contributed by atoms with Crippen molar-refractivity contribution < 1.29 is 14.3 Å². The van der Waals surface area contributed by atoms with Gasteiger partial charge in [-0.3, -0.25) is 4.79 Å². The Kier molecular flexibility index (Phi) is 6.89. The predicted molar refractivity (Wildman–Crippen MR) is 71.5 cm³/mol.